The lowest BCUT2D eigenvalue weighted by molar-refractivity contribution is -0.163. The van der Waals surface area contributed by atoms with Gasteiger partial charge in [0.2, 0.25) is 5.91 Å². The number of carbonyl (C=O) groups is 3. The second-order valence-corrected chi connectivity index (χ2v) is 16.7. The molecule has 3 N–H and O–H groups in total. The highest BCUT2D eigenvalue weighted by atomic mass is 19.1. The molecule has 10 heteroatoms. The fraction of sp³-hybridized carbons (Fsp3) is 0.625. The highest BCUT2D eigenvalue weighted by Crippen LogP contribution is 2.39. The molecule has 278 valence electrons. The largest absolute Gasteiger partial charge is 0.460 e. The Balaban J connectivity index is 1.92. The first-order chi connectivity index (χ1) is 23.1. The van der Waals surface area contributed by atoms with Crippen LogP contribution < -0.4 is 10.6 Å². The van der Waals surface area contributed by atoms with Crippen LogP contribution in [0.15, 0.2) is 42.5 Å². The van der Waals surface area contributed by atoms with Crippen molar-refractivity contribution in [1.82, 2.24) is 10.6 Å². The van der Waals surface area contributed by atoms with E-state index in [1.807, 2.05) is 0 Å². The molecule has 1 aliphatic rings. The van der Waals surface area contributed by atoms with Gasteiger partial charge in [-0.25, -0.2) is 8.78 Å². The summed E-state index contributed by atoms with van der Waals surface area (Å²) in [6.45, 7) is 16.7. The second kappa shape index (κ2) is 16.8. The standard InChI is InChI=1S/C40H58F2N2O6/c1-37(2,3)27-14-13-15-28(23-27)40(18-11-10-12-19-40)43-25-33(45)32(22-26-20-29(41)24-30(42)21-26)44-35(47)31(36(48)50-39(7,8)9)16-17-34(46)49-38(4,5)6/h13-15,20-21,23-24,31-33,43,45H,10-12,16-19,22,25H2,1-9H3,(H,44,47). The van der Waals surface area contributed by atoms with E-state index in [0.717, 1.165) is 55.9 Å². The number of benzene rings is 2. The van der Waals surface area contributed by atoms with Crippen LogP contribution in [-0.2, 0) is 41.2 Å². The van der Waals surface area contributed by atoms with E-state index in [1.165, 1.54) is 5.56 Å². The van der Waals surface area contributed by atoms with Crippen molar-refractivity contribution in [3.63, 3.8) is 0 Å². The molecule has 0 saturated heterocycles. The first-order valence-electron chi connectivity index (χ1n) is 17.8. The number of halogens is 2. The van der Waals surface area contributed by atoms with E-state index in [1.54, 1.807) is 41.5 Å². The van der Waals surface area contributed by atoms with E-state index in [-0.39, 0.29) is 36.8 Å². The van der Waals surface area contributed by atoms with Crippen molar-refractivity contribution in [2.45, 2.75) is 148 Å². The highest BCUT2D eigenvalue weighted by molar-refractivity contribution is 5.98. The number of nitrogens with one attached hydrogen (secondary N) is 2. The molecule has 3 atom stereocenters. The maximum atomic E-state index is 14.3. The van der Waals surface area contributed by atoms with E-state index in [2.05, 4.69) is 55.7 Å². The van der Waals surface area contributed by atoms with Gasteiger partial charge in [0.15, 0.2) is 0 Å². The summed E-state index contributed by atoms with van der Waals surface area (Å²) in [7, 11) is 0. The number of rotatable bonds is 13. The second-order valence-electron chi connectivity index (χ2n) is 16.7. The van der Waals surface area contributed by atoms with Crippen LogP contribution in [0.5, 0.6) is 0 Å². The molecule has 1 fully saturated rings. The third-order valence-corrected chi connectivity index (χ3v) is 8.87. The Kier molecular flexibility index (Phi) is 13.8. The zero-order valence-electron chi connectivity index (χ0n) is 31.4. The van der Waals surface area contributed by atoms with E-state index in [4.69, 9.17) is 9.47 Å². The highest BCUT2D eigenvalue weighted by Gasteiger charge is 2.38. The summed E-state index contributed by atoms with van der Waals surface area (Å²) in [5, 5.41) is 18.2. The number of carbonyl (C=O) groups excluding carboxylic acids is 3. The van der Waals surface area contributed by atoms with Gasteiger partial charge < -0.3 is 25.2 Å². The summed E-state index contributed by atoms with van der Waals surface area (Å²) in [4.78, 5) is 39.8. The van der Waals surface area contributed by atoms with E-state index < -0.39 is 64.3 Å². The number of ether oxygens (including phenoxy) is 2. The molecule has 0 radical (unpaired) electrons. The van der Waals surface area contributed by atoms with Crippen LogP contribution in [0, 0.1) is 17.6 Å². The quantitative estimate of drug-likeness (QED) is 0.150. The molecule has 3 rings (SSSR count). The molecule has 1 saturated carbocycles. The van der Waals surface area contributed by atoms with Gasteiger partial charge in [-0.15, -0.1) is 0 Å². The summed E-state index contributed by atoms with van der Waals surface area (Å²) < 4.78 is 39.5. The van der Waals surface area contributed by atoms with Crippen molar-refractivity contribution in [1.29, 1.82) is 0 Å². The summed E-state index contributed by atoms with van der Waals surface area (Å²) >= 11 is 0. The van der Waals surface area contributed by atoms with Gasteiger partial charge in [-0.05, 0) is 101 Å². The Hall–Kier alpha value is -3.37. The van der Waals surface area contributed by atoms with E-state index in [9.17, 15) is 28.3 Å². The lowest BCUT2D eigenvalue weighted by Crippen LogP contribution is -2.54. The number of hydrogen-bond acceptors (Lipinski definition) is 7. The minimum atomic E-state index is -1.40. The molecular formula is C40H58F2N2O6. The Morgan fingerprint density at radius 2 is 1.46 bits per heavy atom. The Bertz CT molecular complexity index is 1450. The summed E-state index contributed by atoms with van der Waals surface area (Å²) in [6.07, 6.45) is 3.04. The Morgan fingerprint density at radius 3 is 2.02 bits per heavy atom. The summed E-state index contributed by atoms with van der Waals surface area (Å²) in [5.74, 6) is -5.17. The first-order valence-corrected chi connectivity index (χ1v) is 17.8. The van der Waals surface area contributed by atoms with E-state index >= 15 is 0 Å². The lowest BCUT2D eigenvalue weighted by atomic mass is 9.74. The summed E-state index contributed by atoms with van der Waals surface area (Å²) in [6, 6.07) is 10.5. The predicted molar refractivity (Wildman–Crippen MR) is 190 cm³/mol. The maximum absolute atomic E-state index is 14.3. The zero-order chi connectivity index (χ0) is 37.5. The number of aliphatic hydroxyl groups excluding tert-OH is 1. The fourth-order valence-corrected chi connectivity index (χ4v) is 6.38. The molecule has 8 nitrogen and oxygen atoms in total. The van der Waals surface area contributed by atoms with Crippen molar-refractivity contribution in [2.75, 3.05) is 6.54 Å². The van der Waals surface area contributed by atoms with Gasteiger partial charge in [0.1, 0.15) is 28.8 Å². The van der Waals surface area contributed by atoms with Crippen LogP contribution >= 0.6 is 0 Å². The molecule has 1 amide bonds. The van der Waals surface area contributed by atoms with Gasteiger partial charge in [0.05, 0.1) is 12.1 Å². The molecular weight excluding hydrogens is 642 g/mol. The van der Waals surface area contributed by atoms with Gasteiger partial charge in [0.25, 0.3) is 0 Å². The first kappa shape index (κ1) is 41.1. The van der Waals surface area contributed by atoms with Crippen LogP contribution in [0.4, 0.5) is 8.78 Å². The zero-order valence-corrected chi connectivity index (χ0v) is 31.4. The lowest BCUT2D eigenvalue weighted by Gasteiger charge is -2.41. The minimum Gasteiger partial charge on any atom is -0.460 e. The monoisotopic (exact) mass is 700 g/mol. The molecule has 2 aromatic carbocycles. The van der Waals surface area contributed by atoms with Crippen LogP contribution in [0.3, 0.4) is 0 Å². The minimum absolute atomic E-state index is 0.0531. The molecule has 1 aliphatic carbocycles. The SMILES string of the molecule is CC(C)(C)OC(=O)CCC(C(=O)NC(Cc1cc(F)cc(F)c1)C(O)CNC1(c2cccc(C(C)(C)C)c2)CCCCC1)C(=O)OC(C)(C)C. The molecule has 0 bridgehead atoms. The number of amides is 1. The molecule has 2 aromatic rings. The molecule has 0 aliphatic heterocycles. The van der Waals surface area contributed by atoms with Crippen LogP contribution in [0.25, 0.3) is 0 Å². The predicted octanol–water partition coefficient (Wildman–Crippen LogP) is 7.18. The van der Waals surface area contributed by atoms with Crippen molar-refractivity contribution in [3.8, 4) is 0 Å². The third-order valence-electron chi connectivity index (χ3n) is 8.87. The van der Waals surface area contributed by atoms with Gasteiger partial charge in [-0.3, -0.25) is 14.4 Å². The smallest absolute Gasteiger partial charge is 0.319 e. The molecule has 0 heterocycles. The van der Waals surface area contributed by atoms with Crippen molar-refractivity contribution < 1.29 is 37.7 Å². The van der Waals surface area contributed by atoms with Crippen molar-refractivity contribution in [3.05, 3.63) is 70.8 Å². The summed E-state index contributed by atoms with van der Waals surface area (Å²) in [5.41, 5.74) is 0.382. The van der Waals surface area contributed by atoms with Gasteiger partial charge >= 0.3 is 11.9 Å². The maximum Gasteiger partial charge on any atom is 0.319 e. The molecule has 0 spiro atoms. The Morgan fingerprint density at radius 1 is 0.860 bits per heavy atom. The molecule has 0 aromatic heterocycles. The fourth-order valence-electron chi connectivity index (χ4n) is 6.38. The van der Waals surface area contributed by atoms with Crippen molar-refractivity contribution >= 4 is 17.8 Å². The number of hydrogen-bond donors (Lipinski definition) is 3. The third kappa shape index (κ3) is 12.7. The van der Waals surface area contributed by atoms with Crippen LogP contribution in [0.2, 0.25) is 0 Å². The van der Waals surface area contributed by atoms with E-state index in [0.29, 0.717) is 0 Å². The number of esters is 2. The molecule has 3 unspecified atom stereocenters. The van der Waals surface area contributed by atoms with Crippen LogP contribution in [0.1, 0.15) is 124 Å². The van der Waals surface area contributed by atoms with Crippen LogP contribution in [-0.4, -0.2) is 52.8 Å². The Labute approximate surface area is 297 Å². The topological polar surface area (TPSA) is 114 Å². The normalized spacial score (nSPS) is 17.0. The average Bonchev–Trinajstić information content (AvgIpc) is 2.97. The van der Waals surface area contributed by atoms with Gasteiger partial charge in [-0.1, -0.05) is 64.3 Å². The molecule has 50 heavy (non-hydrogen) atoms. The average molecular weight is 701 g/mol. The van der Waals surface area contributed by atoms with Gasteiger partial charge in [-0.2, -0.15) is 0 Å². The van der Waals surface area contributed by atoms with Gasteiger partial charge in [0, 0.05) is 24.6 Å². The van der Waals surface area contributed by atoms with Crippen molar-refractivity contribution in [2.24, 2.45) is 5.92 Å². The number of aliphatic hydroxyl groups is 1.